The molecule has 1 atom stereocenters. The summed E-state index contributed by atoms with van der Waals surface area (Å²) >= 11 is 0. The fourth-order valence-electron chi connectivity index (χ4n) is 2.48. The molecule has 1 aliphatic rings. The third kappa shape index (κ3) is 3.93. The van der Waals surface area contributed by atoms with Crippen molar-refractivity contribution in [2.75, 3.05) is 13.2 Å². The van der Waals surface area contributed by atoms with Crippen LogP contribution in [0.4, 0.5) is 17.6 Å². The number of halogens is 4. The molecule has 1 unspecified atom stereocenters. The highest BCUT2D eigenvalue weighted by atomic mass is 19.4. The molecule has 3 rings (SSSR count). The van der Waals surface area contributed by atoms with E-state index in [0.717, 1.165) is 12.1 Å². The summed E-state index contributed by atoms with van der Waals surface area (Å²) in [5.41, 5.74) is -0.363. The van der Waals surface area contributed by atoms with Crippen LogP contribution in [0.3, 0.4) is 0 Å². The fourth-order valence-corrected chi connectivity index (χ4v) is 2.48. The van der Waals surface area contributed by atoms with Crippen molar-refractivity contribution < 1.29 is 36.4 Å². The van der Waals surface area contributed by atoms with Crippen LogP contribution in [0, 0.1) is 5.82 Å². The molecule has 1 aliphatic heterocycles. The number of nitrogens with zero attached hydrogens (tertiary/aromatic N) is 2. The Hall–Kier alpha value is -2.53. The van der Waals surface area contributed by atoms with Crippen LogP contribution in [0.25, 0.3) is 11.4 Å². The van der Waals surface area contributed by atoms with Gasteiger partial charge in [0.25, 0.3) is 5.91 Å². The lowest BCUT2D eigenvalue weighted by Gasteiger charge is -2.30. The van der Waals surface area contributed by atoms with Gasteiger partial charge in [0.1, 0.15) is 5.82 Å². The van der Waals surface area contributed by atoms with E-state index in [-0.39, 0.29) is 11.1 Å². The Balaban J connectivity index is 1.76. The van der Waals surface area contributed by atoms with Gasteiger partial charge in [0.15, 0.2) is 5.79 Å². The Labute approximate surface area is 150 Å². The van der Waals surface area contributed by atoms with E-state index < -0.39 is 41.4 Å². The first-order valence-electron chi connectivity index (χ1n) is 7.90. The van der Waals surface area contributed by atoms with E-state index in [1.54, 1.807) is 13.8 Å². The monoisotopic (exact) mass is 389 g/mol. The van der Waals surface area contributed by atoms with Crippen molar-refractivity contribution in [3.8, 4) is 11.4 Å². The molecule has 1 saturated heterocycles. The predicted molar refractivity (Wildman–Crippen MR) is 81.9 cm³/mol. The minimum absolute atomic E-state index is 0.0641. The molecule has 146 valence electrons. The zero-order valence-corrected chi connectivity index (χ0v) is 14.3. The number of benzene rings is 1. The zero-order chi connectivity index (χ0) is 19.8. The molecule has 0 radical (unpaired) electrons. The molecule has 1 fully saturated rings. The summed E-state index contributed by atoms with van der Waals surface area (Å²) in [5.74, 6) is -4.69. The average molecular weight is 389 g/mol. The minimum Gasteiger partial charge on any atom is -0.346 e. The largest absolute Gasteiger partial charge is 0.471 e. The number of rotatable bonds is 4. The van der Waals surface area contributed by atoms with Crippen LogP contribution in [0.2, 0.25) is 0 Å². The van der Waals surface area contributed by atoms with Crippen LogP contribution in [0.15, 0.2) is 22.7 Å². The zero-order valence-electron chi connectivity index (χ0n) is 14.3. The van der Waals surface area contributed by atoms with Crippen molar-refractivity contribution in [2.24, 2.45) is 0 Å². The highest BCUT2D eigenvalue weighted by molar-refractivity contribution is 5.95. The number of hydrogen-bond acceptors (Lipinski definition) is 6. The van der Waals surface area contributed by atoms with E-state index in [1.165, 1.54) is 6.07 Å². The second-order valence-electron chi connectivity index (χ2n) is 6.02. The smallest absolute Gasteiger partial charge is 0.346 e. The van der Waals surface area contributed by atoms with E-state index >= 15 is 0 Å². The molecule has 11 heteroatoms. The molecular weight excluding hydrogens is 374 g/mol. The second-order valence-corrected chi connectivity index (χ2v) is 6.02. The number of alkyl halides is 3. The summed E-state index contributed by atoms with van der Waals surface area (Å²) in [5, 5.41) is 5.75. The molecule has 0 spiro atoms. The maximum Gasteiger partial charge on any atom is 0.471 e. The van der Waals surface area contributed by atoms with Crippen LogP contribution < -0.4 is 5.32 Å². The number of hydrogen-bond donors (Lipinski definition) is 1. The van der Waals surface area contributed by atoms with Gasteiger partial charge in [-0.1, -0.05) is 11.2 Å². The first-order chi connectivity index (χ1) is 12.6. The van der Waals surface area contributed by atoms with Crippen molar-refractivity contribution >= 4 is 5.91 Å². The minimum atomic E-state index is -4.81. The van der Waals surface area contributed by atoms with Gasteiger partial charge in [0.05, 0.1) is 24.8 Å². The summed E-state index contributed by atoms with van der Waals surface area (Å²) in [4.78, 5) is 15.5. The SMILES string of the molecule is CC(NC(=O)c1ccc(-c2noc(C(F)(F)F)n2)cc1F)C1(C)OCCO1. The lowest BCUT2D eigenvalue weighted by Crippen LogP contribution is -2.50. The molecule has 1 aromatic heterocycles. The van der Waals surface area contributed by atoms with Crippen LogP contribution in [-0.4, -0.2) is 41.1 Å². The van der Waals surface area contributed by atoms with Crippen molar-refractivity contribution in [1.82, 2.24) is 15.5 Å². The summed E-state index contributed by atoms with van der Waals surface area (Å²) in [6.07, 6.45) is -4.81. The van der Waals surface area contributed by atoms with E-state index in [2.05, 4.69) is 20.0 Å². The maximum atomic E-state index is 14.3. The van der Waals surface area contributed by atoms with Gasteiger partial charge in [0.2, 0.25) is 5.82 Å². The van der Waals surface area contributed by atoms with Gasteiger partial charge in [-0.05, 0) is 26.0 Å². The number of carbonyl (C=O) groups excluding carboxylic acids is 1. The number of ether oxygens (including phenoxy) is 2. The van der Waals surface area contributed by atoms with E-state index in [0.29, 0.717) is 13.2 Å². The van der Waals surface area contributed by atoms with E-state index in [4.69, 9.17) is 9.47 Å². The van der Waals surface area contributed by atoms with Crippen LogP contribution in [-0.2, 0) is 15.7 Å². The molecule has 1 aromatic carbocycles. The first-order valence-corrected chi connectivity index (χ1v) is 7.90. The quantitative estimate of drug-likeness (QED) is 0.810. The Morgan fingerprint density at radius 1 is 1.30 bits per heavy atom. The van der Waals surface area contributed by atoms with Gasteiger partial charge >= 0.3 is 12.1 Å². The van der Waals surface area contributed by atoms with Gasteiger partial charge in [-0.3, -0.25) is 4.79 Å². The maximum absolute atomic E-state index is 14.3. The normalized spacial score (nSPS) is 17.7. The third-order valence-corrected chi connectivity index (χ3v) is 4.14. The van der Waals surface area contributed by atoms with Crippen molar-refractivity contribution in [1.29, 1.82) is 0 Å². The van der Waals surface area contributed by atoms with Gasteiger partial charge in [-0.25, -0.2) is 4.39 Å². The van der Waals surface area contributed by atoms with Crippen molar-refractivity contribution in [2.45, 2.75) is 31.9 Å². The van der Waals surface area contributed by atoms with E-state index in [9.17, 15) is 22.4 Å². The first kappa shape index (κ1) is 19.2. The predicted octanol–water partition coefficient (Wildman–Crippen LogP) is 2.78. The van der Waals surface area contributed by atoms with Crippen molar-refractivity contribution in [3.63, 3.8) is 0 Å². The highest BCUT2D eigenvalue weighted by Gasteiger charge is 2.39. The number of amides is 1. The molecule has 2 heterocycles. The molecule has 0 bridgehead atoms. The molecule has 0 aliphatic carbocycles. The molecule has 27 heavy (non-hydrogen) atoms. The summed E-state index contributed by atoms with van der Waals surface area (Å²) in [6, 6.07) is 2.63. The van der Waals surface area contributed by atoms with Gasteiger partial charge in [0, 0.05) is 5.56 Å². The summed E-state index contributed by atoms with van der Waals surface area (Å²) in [7, 11) is 0. The lowest BCUT2D eigenvalue weighted by molar-refractivity contribution is -0.159. The van der Waals surface area contributed by atoms with E-state index in [1.807, 2.05) is 0 Å². The topological polar surface area (TPSA) is 86.5 Å². The summed E-state index contributed by atoms with van der Waals surface area (Å²) in [6.45, 7) is 4.06. The number of carbonyl (C=O) groups is 1. The Bertz CT molecular complexity index is 846. The van der Waals surface area contributed by atoms with Crippen LogP contribution >= 0.6 is 0 Å². The molecule has 0 saturated carbocycles. The summed E-state index contributed by atoms with van der Waals surface area (Å²) < 4.78 is 66.8. The van der Waals surface area contributed by atoms with Gasteiger partial charge in [-0.2, -0.15) is 18.2 Å². The number of nitrogens with one attached hydrogen (secondary N) is 1. The molecule has 2 aromatic rings. The van der Waals surface area contributed by atoms with Crippen molar-refractivity contribution in [3.05, 3.63) is 35.5 Å². The molecule has 7 nitrogen and oxygen atoms in total. The third-order valence-electron chi connectivity index (χ3n) is 4.14. The lowest BCUT2D eigenvalue weighted by atomic mass is 10.1. The second kappa shape index (κ2) is 6.89. The molecular formula is C16H15F4N3O4. The fraction of sp³-hybridized carbons (Fsp3) is 0.438. The molecule has 1 amide bonds. The van der Waals surface area contributed by atoms with Gasteiger partial charge < -0.3 is 19.3 Å². The Morgan fingerprint density at radius 2 is 1.96 bits per heavy atom. The highest BCUT2D eigenvalue weighted by Crippen LogP contribution is 2.30. The Morgan fingerprint density at radius 3 is 2.52 bits per heavy atom. The standard InChI is InChI=1S/C16H15F4N3O4/c1-8(15(2)25-5-6-26-15)21-13(24)10-4-3-9(7-11(10)17)12-22-14(27-23-12)16(18,19)20/h3-4,7-8H,5-6H2,1-2H3,(H,21,24). The number of aromatic nitrogens is 2. The van der Waals surface area contributed by atoms with Crippen LogP contribution in [0.5, 0.6) is 0 Å². The van der Waals surface area contributed by atoms with Gasteiger partial charge in [-0.15, -0.1) is 0 Å². The molecule has 1 N–H and O–H groups in total. The Kier molecular flexibility index (Phi) is 4.91. The van der Waals surface area contributed by atoms with Crippen LogP contribution in [0.1, 0.15) is 30.1 Å². The average Bonchev–Trinajstić information content (AvgIpc) is 3.24.